The van der Waals surface area contributed by atoms with Crippen LogP contribution < -0.4 is 19.1 Å². The maximum Gasteiger partial charge on any atom is 0.264 e. The molecule has 0 saturated carbocycles. The Labute approximate surface area is 292 Å². The van der Waals surface area contributed by atoms with Crippen molar-refractivity contribution in [3.63, 3.8) is 0 Å². The van der Waals surface area contributed by atoms with Gasteiger partial charge in [-0.25, -0.2) is 8.42 Å². The van der Waals surface area contributed by atoms with Gasteiger partial charge in [-0.2, -0.15) is 0 Å². The molecule has 0 saturated heterocycles. The molecule has 1 atom stereocenters. The summed E-state index contributed by atoms with van der Waals surface area (Å²) in [5.41, 5.74) is 2.73. The van der Waals surface area contributed by atoms with Gasteiger partial charge in [-0.05, 0) is 60.4 Å². The largest absolute Gasteiger partial charge is 0.493 e. The zero-order valence-corrected chi connectivity index (χ0v) is 30.3. The molecule has 9 nitrogen and oxygen atoms in total. The fourth-order valence-corrected chi connectivity index (χ4v) is 6.78. The highest BCUT2D eigenvalue weighted by molar-refractivity contribution is 9.10. The van der Waals surface area contributed by atoms with Gasteiger partial charge in [0.15, 0.2) is 11.5 Å². The van der Waals surface area contributed by atoms with E-state index < -0.39 is 28.5 Å². The molecule has 0 spiro atoms. The molecule has 0 bridgehead atoms. The van der Waals surface area contributed by atoms with Crippen molar-refractivity contribution in [2.24, 2.45) is 5.92 Å². The monoisotopic (exact) mass is 735 g/mol. The minimum Gasteiger partial charge on any atom is -0.493 e. The van der Waals surface area contributed by atoms with Gasteiger partial charge in [0.05, 0.1) is 24.8 Å². The normalized spacial score (nSPS) is 11.9. The van der Waals surface area contributed by atoms with Crippen molar-refractivity contribution in [1.29, 1.82) is 0 Å². The van der Waals surface area contributed by atoms with E-state index >= 15 is 0 Å². The summed E-state index contributed by atoms with van der Waals surface area (Å²) in [5, 5.41) is 3.00. The second-order valence-electron chi connectivity index (χ2n) is 11.9. The first-order chi connectivity index (χ1) is 22.9. The zero-order valence-electron chi connectivity index (χ0n) is 27.9. The van der Waals surface area contributed by atoms with Crippen LogP contribution in [-0.2, 0) is 32.6 Å². The summed E-state index contributed by atoms with van der Waals surface area (Å²) >= 11 is 3.46. The first-order valence-corrected chi connectivity index (χ1v) is 17.8. The Morgan fingerprint density at radius 3 is 2.08 bits per heavy atom. The molecule has 4 aromatic rings. The van der Waals surface area contributed by atoms with Crippen molar-refractivity contribution in [3.8, 4) is 11.5 Å². The lowest BCUT2D eigenvalue weighted by Crippen LogP contribution is -2.53. The molecular formula is C37H42BrN3O6S. The number of sulfonamides is 1. The summed E-state index contributed by atoms with van der Waals surface area (Å²) in [6, 6.07) is 27.1. The number of amides is 2. The van der Waals surface area contributed by atoms with Crippen molar-refractivity contribution >= 4 is 43.5 Å². The van der Waals surface area contributed by atoms with Crippen LogP contribution in [0.5, 0.6) is 11.5 Å². The van der Waals surface area contributed by atoms with E-state index in [1.165, 1.54) is 37.3 Å². The first-order valence-electron chi connectivity index (χ1n) is 15.6. The Morgan fingerprint density at radius 1 is 0.833 bits per heavy atom. The van der Waals surface area contributed by atoms with E-state index in [2.05, 4.69) is 21.2 Å². The number of anilines is 1. The Kier molecular flexibility index (Phi) is 12.7. The number of ether oxygens (including phenoxy) is 2. The highest BCUT2D eigenvalue weighted by Gasteiger charge is 2.35. The lowest BCUT2D eigenvalue weighted by atomic mass is 10.0. The molecule has 0 radical (unpaired) electrons. The van der Waals surface area contributed by atoms with Gasteiger partial charge in [0.2, 0.25) is 11.8 Å². The average molecular weight is 737 g/mol. The third kappa shape index (κ3) is 9.38. The number of nitrogens with one attached hydrogen (secondary N) is 1. The van der Waals surface area contributed by atoms with Crippen LogP contribution in [0.3, 0.4) is 0 Å². The highest BCUT2D eigenvalue weighted by atomic mass is 79.9. The van der Waals surface area contributed by atoms with Crippen molar-refractivity contribution in [2.45, 2.75) is 44.7 Å². The van der Waals surface area contributed by atoms with Gasteiger partial charge in [0.1, 0.15) is 12.6 Å². The Bertz CT molecular complexity index is 1780. The molecule has 0 fully saturated rings. The van der Waals surface area contributed by atoms with Crippen LogP contribution in [-0.4, -0.2) is 58.5 Å². The average Bonchev–Trinajstić information content (AvgIpc) is 3.08. The summed E-state index contributed by atoms with van der Waals surface area (Å²) in [4.78, 5) is 30.1. The molecule has 254 valence electrons. The van der Waals surface area contributed by atoms with Crippen molar-refractivity contribution in [1.82, 2.24) is 10.2 Å². The number of aryl methyl sites for hydroxylation is 1. The molecule has 0 heterocycles. The summed E-state index contributed by atoms with van der Waals surface area (Å²) in [5.74, 6) is 0.0124. The summed E-state index contributed by atoms with van der Waals surface area (Å²) < 4.78 is 41.4. The maximum atomic E-state index is 14.7. The Balaban J connectivity index is 1.83. The van der Waals surface area contributed by atoms with E-state index in [4.69, 9.17) is 9.47 Å². The first kappa shape index (κ1) is 36.5. The van der Waals surface area contributed by atoms with E-state index in [9.17, 15) is 18.0 Å². The number of halogens is 1. The summed E-state index contributed by atoms with van der Waals surface area (Å²) in [6.45, 7) is 5.77. The van der Waals surface area contributed by atoms with E-state index in [1.807, 2.05) is 75.4 Å². The van der Waals surface area contributed by atoms with E-state index in [1.54, 1.807) is 24.3 Å². The number of hydrogen-bond acceptors (Lipinski definition) is 6. The molecule has 0 aliphatic carbocycles. The third-order valence-electron chi connectivity index (χ3n) is 7.76. The molecule has 2 amide bonds. The number of benzene rings is 4. The fraction of sp³-hybridized carbons (Fsp3) is 0.297. The lowest BCUT2D eigenvalue weighted by Gasteiger charge is -2.34. The van der Waals surface area contributed by atoms with E-state index in [0.717, 1.165) is 25.5 Å². The van der Waals surface area contributed by atoms with Crippen LogP contribution in [0.25, 0.3) is 0 Å². The standard InChI is InChI=1S/C37H42BrN3O6S/c1-26(2)23-39-37(43)33(21-28-9-7-6-8-10-28)40(24-29-13-15-30(38)16-14-29)36(42)25-41(31-17-20-34(46-4)35(22-31)47-5)48(44,45)32-18-11-27(3)12-19-32/h6-20,22,26,33H,21,23-25H2,1-5H3,(H,39,43)/t33-/m1/s1. The van der Waals surface area contributed by atoms with Crippen molar-refractivity contribution in [3.05, 3.63) is 118 Å². The van der Waals surface area contributed by atoms with Crippen LogP contribution in [0.1, 0.15) is 30.5 Å². The van der Waals surface area contributed by atoms with E-state index in [-0.39, 0.29) is 35.4 Å². The number of hydrogen-bond donors (Lipinski definition) is 1. The zero-order chi connectivity index (χ0) is 34.8. The van der Waals surface area contributed by atoms with Gasteiger partial charge in [0, 0.05) is 30.0 Å². The van der Waals surface area contributed by atoms with Crippen molar-refractivity contribution in [2.75, 3.05) is 31.6 Å². The lowest BCUT2D eigenvalue weighted by molar-refractivity contribution is -0.140. The second kappa shape index (κ2) is 16.7. The van der Waals surface area contributed by atoms with Gasteiger partial charge >= 0.3 is 0 Å². The molecular weight excluding hydrogens is 694 g/mol. The molecule has 1 N–H and O–H groups in total. The van der Waals surface area contributed by atoms with Crippen LogP contribution >= 0.6 is 15.9 Å². The predicted octanol–water partition coefficient (Wildman–Crippen LogP) is 6.38. The molecule has 0 aliphatic heterocycles. The number of nitrogens with zero attached hydrogens (tertiary/aromatic N) is 2. The topological polar surface area (TPSA) is 105 Å². The Morgan fingerprint density at radius 2 is 1.48 bits per heavy atom. The molecule has 11 heteroatoms. The number of carbonyl (C=O) groups excluding carboxylic acids is 2. The Hall–Kier alpha value is -4.35. The van der Waals surface area contributed by atoms with Gasteiger partial charge < -0.3 is 19.7 Å². The molecule has 0 unspecified atom stereocenters. The van der Waals surface area contributed by atoms with Gasteiger partial charge in [0.25, 0.3) is 10.0 Å². The summed E-state index contributed by atoms with van der Waals surface area (Å²) in [6.07, 6.45) is 0.230. The predicted molar refractivity (Wildman–Crippen MR) is 192 cm³/mol. The SMILES string of the molecule is COc1ccc(N(CC(=O)N(Cc2ccc(Br)cc2)[C@H](Cc2ccccc2)C(=O)NCC(C)C)S(=O)(=O)c2ccc(C)cc2)cc1OC. The number of carbonyl (C=O) groups is 2. The molecule has 4 aromatic carbocycles. The molecule has 48 heavy (non-hydrogen) atoms. The van der Waals surface area contributed by atoms with Crippen LogP contribution in [0, 0.1) is 12.8 Å². The minimum absolute atomic E-state index is 0.0191. The van der Waals surface area contributed by atoms with Crippen LogP contribution in [0.4, 0.5) is 5.69 Å². The van der Waals surface area contributed by atoms with Gasteiger partial charge in [-0.1, -0.05) is 89.9 Å². The highest BCUT2D eigenvalue weighted by Crippen LogP contribution is 2.34. The molecule has 0 aromatic heterocycles. The minimum atomic E-state index is -4.27. The van der Waals surface area contributed by atoms with Gasteiger partial charge in [-0.3, -0.25) is 13.9 Å². The molecule has 0 aliphatic rings. The van der Waals surface area contributed by atoms with Gasteiger partial charge in [-0.15, -0.1) is 0 Å². The third-order valence-corrected chi connectivity index (χ3v) is 10.1. The maximum absolute atomic E-state index is 14.7. The van der Waals surface area contributed by atoms with E-state index in [0.29, 0.717) is 18.0 Å². The quantitative estimate of drug-likeness (QED) is 0.152. The van der Waals surface area contributed by atoms with Crippen molar-refractivity contribution < 1.29 is 27.5 Å². The molecule has 4 rings (SSSR count). The smallest absolute Gasteiger partial charge is 0.264 e. The van der Waals surface area contributed by atoms with Crippen LogP contribution in [0.15, 0.2) is 106 Å². The number of rotatable bonds is 15. The second-order valence-corrected chi connectivity index (χ2v) is 14.6. The van der Waals surface area contributed by atoms with Crippen LogP contribution in [0.2, 0.25) is 0 Å². The fourth-order valence-electron chi connectivity index (χ4n) is 5.11. The number of methoxy groups -OCH3 is 2. The summed E-state index contributed by atoms with van der Waals surface area (Å²) in [7, 11) is -1.33.